The molecule has 2 heterocycles. The summed E-state index contributed by atoms with van der Waals surface area (Å²) in [5.74, 6) is -0.723. The second-order valence-corrected chi connectivity index (χ2v) is 12.2. The number of halogens is 5. The maximum atomic E-state index is 14.5. The SMILES string of the molecule is C/C(=C\c1ccc2c(c1)N(S(=O)(=O)c1cccc(C(F)(F)F)c1)C[C@H](CCCc1noc(=O)[nH]1)O2)c1c(F)cccc1Cl. The second kappa shape index (κ2) is 11.9. The minimum atomic E-state index is -4.75. The number of nitrogens with one attached hydrogen (secondary N) is 1. The van der Waals surface area contributed by atoms with E-state index < -0.39 is 44.3 Å². The van der Waals surface area contributed by atoms with Crippen molar-refractivity contribution in [2.45, 2.75) is 43.4 Å². The third kappa shape index (κ3) is 6.62. The number of sulfonamides is 1. The molecule has 1 aliphatic heterocycles. The molecular formula is C29H24ClF4N3O5S. The summed E-state index contributed by atoms with van der Waals surface area (Å²) in [6, 6.07) is 12.5. The van der Waals surface area contributed by atoms with Gasteiger partial charge in [-0.2, -0.15) is 13.2 Å². The lowest BCUT2D eigenvalue weighted by Gasteiger charge is -2.36. The Balaban J connectivity index is 1.52. The molecule has 5 rings (SSSR count). The molecule has 0 fully saturated rings. The van der Waals surface area contributed by atoms with Gasteiger partial charge in [0.05, 0.1) is 27.7 Å². The normalized spacial score (nSPS) is 15.7. The third-order valence-corrected chi connectivity index (χ3v) is 8.92. The number of H-pyrrole nitrogens is 1. The molecule has 0 spiro atoms. The van der Waals surface area contributed by atoms with Gasteiger partial charge in [-0.15, -0.1) is 0 Å². The number of aromatic nitrogens is 2. The molecule has 0 bridgehead atoms. The number of aromatic amines is 1. The van der Waals surface area contributed by atoms with Gasteiger partial charge in [0.15, 0.2) is 5.82 Å². The predicted molar refractivity (Wildman–Crippen MR) is 152 cm³/mol. The fourth-order valence-electron chi connectivity index (χ4n) is 4.82. The number of anilines is 1. The van der Waals surface area contributed by atoms with E-state index in [0.29, 0.717) is 42.3 Å². The molecule has 0 saturated carbocycles. The highest BCUT2D eigenvalue weighted by Gasteiger charge is 2.37. The lowest BCUT2D eigenvalue weighted by molar-refractivity contribution is -0.137. The largest absolute Gasteiger partial charge is 0.486 e. The van der Waals surface area contributed by atoms with Crippen LogP contribution < -0.4 is 14.8 Å². The van der Waals surface area contributed by atoms with Crippen molar-refractivity contribution in [3.63, 3.8) is 0 Å². The zero-order valence-electron chi connectivity index (χ0n) is 22.5. The number of alkyl halides is 3. The molecule has 43 heavy (non-hydrogen) atoms. The van der Waals surface area contributed by atoms with E-state index in [1.807, 2.05) is 0 Å². The van der Waals surface area contributed by atoms with Crippen LogP contribution >= 0.6 is 11.6 Å². The van der Waals surface area contributed by atoms with Gasteiger partial charge >= 0.3 is 11.9 Å². The second-order valence-electron chi connectivity index (χ2n) is 9.89. The Kier molecular flexibility index (Phi) is 8.39. The molecule has 0 saturated heterocycles. The summed E-state index contributed by atoms with van der Waals surface area (Å²) in [7, 11) is -4.50. The van der Waals surface area contributed by atoms with Crippen LogP contribution in [0.15, 0.2) is 74.9 Å². The first-order chi connectivity index (χ1) is 20.3. The van der Waals surface area contributed by atoms with Crippen molar-refractivity contribution in [3.05, 3.63) is 105 Å². The first-order valence-electron chi connectivity index (χ1n) is 13.0. The van der Waals surface area contributed by atoms with Gasteiger partial charge in [-0.3, -0.25) is 13.8 Å². The monoisotopic (exact) mass is 637 g/mol. The van der Waals surface area contributed by atoms with Crippen molar-refractivity contribution < 1.29 is 35.2 Å². The summed E-state index contributed by atoms with van der Waals surface area (Å²) < 4.78 is 94.2. The zero-order chi connectivity index (χ0) is 30.9. The number of rotatable bonds is 8. The molecule has 3 aromatic carbocycles. The van der Waals surface area contributed by atoms with Crippen molar-refractivity contribution in [3.8, 4) is 5.75 Å². The molecule has 1 N–H and O–H groups in total. The summed E-state index contributed by atoms with van der Waals surface area (Å²) in [5.41, 5.74) is 0.137. The first-order valence-corrected chi connectivity index (χ1v) is 14.8. The van der Waals surface area contributed by atoms with E-state index in [-0.39, 0.29) is 28.6 Å². The van der Waals surface area contributed by atoms with Crippen LogP contribution in [0.3, 0.4) is 0 Å². The van der Waals surface area contributed by atoms with Crippen molar-refractivity contribution in [2.75, 3.05) is 10.8 Å². The van der Waals surface area contributed by atoms with Crippen LogP contribution in [0, 0.1) is 5.82 Å². The van der Waals surface area contributed by atoms with E-state index in [4.69, 9.17) is 16.3 Å². The van der Waals surface area contributed by atoms with Gasteiger partial charge in [0, 0.05) is 12.0 Å². The highest BCUT2D eigenvalue weighted by atomic mass is 35.5. The maximum Gasteiger partial charge on any atom is 0.438 e. The molecule has 0 amide bonds. The number of aryl methyl sites for hydroxylation is 1. The number of fused-ring (bicyclic) bond motifs is 1. The number of allylic oxidation sites excluding steroid dienone is 1. The highest BCUT2D eigenvalue weighted by Crippen LogP contribution is 2.40. The third-order valence-electron chi connectivity index (χ3n) is 6.83. The standard InChI is InChI=1S/C29H24ClF4N3O5S/c1-17(27-22(30)8-4-9-23(27)31)13-18-11-12-25-24(14-18)37(16-20(41-25)6-3-10-26-35-28(38)42-36-26)43(39,40)21-7-2-5-19(15-21)29(32,33)34/h2,4-5,7-9,11-15,20H,3,6,10,16H2,1H3,(H,35,36,38)/b17-13+/t20-/m0/s1. The van der Waals surface area contributed by atoms with Gasteiger partial charge in [0.25, 0.3) is 10.0 Å². The van der Waals surface area contributed by atoms with Crippen LogP contribution in [0.1, 0.15) is 42.3 Å². The average molecular weight is 638 g/mol. The van der Waals surface area contributed by atoms with Gasteiger partial charge in [-0.1, -0.05) is 41.0 Å². The summed E-state index contributed by atoms with van der Waals surface area (Å²) in [6.07, 6.45) is -2.72. The summed E-state index contributed by atoms with van der Waals surface area (Å²) in [5, 5.41) is 3.80. The van der Waals surface area contributed by atoms with E-state index in [1.54, 1.807) is 31.2 Å². The quantitative estimate of drug-likeness (QED) is 0.170. The van der Waals surface area contributed by atoms with E-state index in [0.717, 1.165) is 22.5 Å². The molecule has 8 nitrogen and oxygen atoms in total. The van der Waals surface area contributed by atoms with Crippen LogP contribution in [0.25, 0.3) is 11.6 Å². The minimum Gasteiger partial charge on any atom is -0.486 e. The van der Waals surface area contributed by atoms with Crippen LogP contribution in [-0.4, -0.2) is 31.2 Å². The Bertz CT molecular complexity index is 1830. The molecular weight excluding hydrogens is 614 g/mol. The molecule has 0 radical (unpaired) electrons. The fourth-order valence-corrected chi connectivity index (χ4v) is 6.68. The van der Waals surface area contributed by atoms with Gasteiger partial charge < -0.3 is 4.74 Å². The van der Waals surface area contributed by atoms with Gasteiger partial charge in [-0.25, -0.2) is 17.6 Å². The van der Waals surface area contributed by atoms with E-state index >= 15 is 0 Å². The number of benzene rings is 3. The van der Waals surface area contributed by atoms with Crippen LogP contribution in [0.2, 0.25) is 5.02 Å². The smallest absolute Gasteiger partial charge is 0.438 e. The van der Waals surface area contributed by atoms with E-state index in [2.05, 4.69) is 14.7 Å². The number of ether oxygens (including phenoxy) is 1. The highest BCUT2D eigenvalue weighted by molar-refractivity contribution is 7.92. The van der Waals surface area contributed by atoms with Crippen molar-refractivity contribution in [2.24, 2.45) is 0 Å². The molecule has 0 unspecified atom stereocenters. The Labute approximate surface area is 248 Å². The Morgan fingerprint density at radius 1 is 1.16 bits per heavy atom. The molecule has 0 aliphatic carbocycles. The van der Waals surface area contributed by atoms with Crippen molar-refractivity contribution in [1.29, 1.82) is 0 Å². The van der Waals surface area contributed by atoms with Gasteiger partial charge in [-0.05, 0) is 73.4 Å². The average Bonchev–Trinajstić information content (AvgIpc) is 3.37. The summed E-state index contributed by atoms with van der Waals surface area (Å²) in [4.78, 5) is 13.1. The Morgan fingerprint density at radius 3 is 2.63 bits per heavy atom. The van der Waals surface area contributed by atoms with Crippen molar-refractivity contribution >= 4 is 39.0 Å². The fraction of sp³-hybridized carbons (Fsp3) is 0.241. The lowest BCUT2D eigenvalue weighted by Crippen LogP contribution is -2.43. The van der Waals surface area contributed by atoms with Crippen LogP contribution in [0.4, 0.5) is 23.2 Å². The number of nitrogens with zero attached hydrogens (tertiary/aromatic N) is 2. The van der Waals surface area contributed by atoms with Crippen LogP contribution in [0.5, 0.6) is 5.75 Å². The Morgan fingerprint density at radius 2 is 1.93 bits per heavy atom. The maximum absolute atomic E-state index is 14.5. The zero-order valence-corrected chi connectivity index (χ0v) is 24.1. The van der Waals surface area contributed by atoms with E-state index in [1.165, 1.54) is 18.2 Å². The Hall–Kier alpha value is -4.10. The van der Waals surface area contributed by atoms with E-state index in [9.17, 15) is 30.8 Å². The molecule has 226 valence electrons. The molecule has 1 aromatic heterocycles. The lowest BCUT2D eigenvalue weighted by atomic mass is 10.0. The minimum absolute atomic E-state index is 0.107. The van der Waals surface area contributed by atoms with Crippen LogP contribution in [-0.2, 0) is 22.6 Å². The molecule has 1 atom stereocenters. The molecule has 14 heteroatoms. The number of hydrogen-bond acceptors (Lipinski definition) is 6. The summed E-state index contributed by atoms with van der Waals surface area (Å²) in [6.45, 7) is 1.45. The summed E-state index contributed by atoms with van der Waals surface area (Å²) >= 11 is 6.20. The molecule has 1 aliphatic rings. The van der Waals surface area contributed by atoms with Crippen molar-refractivity contribution in [1.82, 2.24) is 10.1 Å². The predicted octanol–water partition coefficient (Wildman–Crippen LogP) is 6.71. The first kappa shape index (κ1) is 30.4. The molecule has 4 aromatic rings. The topological polar surface area (TPSA) is 106 Å². The number of hydrogen-bond donors (Lipinski definition) is 1. The van der Waals surface area contributed by atoms with Gasteiger partial charge in [0.1, 0.15) is 17.7 Å². The van der Waals surface area contributed by atoms with Gasteiger partial charge in [0.2, 0.25) is 0 Å².